The van der Waals surface area contributed by atoms with Crippen LogP contribution in [0.3, 0.4) is 0 Å². The lowest BCUT2D eigenvalue weighted by atomic mass is 10.2. The lowest BCUT2D eigenvalue weighted by Gasteiger charge is -2.38. The fourth-order valence-corrected chi connectivity index (χ4v) is 8.48. The summed E-state index contributed by atoms with van der Waals surface area (Å²) in [5.41, 5.74) is 1.28. The maximum atomic E-state index is 15.3. The minimum Gasteiger partial charge on any atom is -0.321 e. The van der Waals surface area contributed by atoms with Crippen LogP contribution in [0.5, 0.6) is 0 Å². The van der Waals surface area contributed by atoms with Crippen LogP contribution in [0.4, 0.5) is 20.3 Å². The van der Waals surface area contributed by atoms with E-state index in [2.05, 4.69) is 37.5 Å². The summed E-state index contributed by atoms with van der Waals surface area (Å²) >= 11 is 3.80. The van der Waals surface area contributed by atoms with E-state index in [-0.39, 0.29) is 30.9 Å². The second kappa shape index (κ2) is 13.8. The lowest BCUT2D eigenvalue weighted by Crippen LogP contribution is -2.41. The number of alkyl halides is 2. The predicted octanol–water partition coefficient (Wildman–Crippen LogP) is 7.48. The monoisotopic (exact) mass is 652 g/mol. The standard InChI is InChI=1S/C27H32BrF2N6O2PS/c1-17(2)36(18(3)4)39(38,34-22-11-13-23(14-12-22)40-27(29)30)24-19(5)33-35(16-6-15-31)25(24)32-26(37)20-7-9-21(28)10-8-20/h7-14,17-18,27H,6,16H2,1-5H3,(H,32,37)(H,34,38)/t39-/m1/s1. The summed E-state index contributed by atoms with van der Waals surface area (Å²) in [4.78, 5) is 13.7. The van der Waals surface area contributed by atoms with Crippen LogP contribution >= 0.6 is 35.1 Å². The molecule has 40 heavy (non-hydrogen) atoms. The van der Waals surface area contributed by atoms with Crippen LogP contribution in [-0.4, -0.2) is 38.2 Å². The molecule has 1 amide bonds. The molecule has 0 saturated carbocycles. The van der Waals surface area contributed by atoms with Gasteiger partial charge in [-0.05, 0) is 83.1 Å². The molecule has 0 saturated heterocycles. The van der Waals surface area contributed by atoms with Gasteiger partial charge in [0.2, 0.25) is 0 Å². The van der Waals surface area contributed by atoms with Gasteiger partial charge in [0.1, 0.15) is 11.1 Å². The van der Waals surface area contributed by atoms with Crippen molar-refractivity contribution >= 4 is 57.9 Å². The molecule has 0 aliphatic heterocycles. The number of benzene rings is 2. The molecule has 1 atom stereocenters. The Labute approximate surface area is 246 Å². The maximum Gasteiger partial charge on any atom is 0.288 e. The first kappa shape index (κ1) is 31.8. The number of hydrogen-bond acceptors (Lipinski definition) is 5. The molecule has 13 heteroatoms. The second-order valence-corrected chi connectivity index (χ2v) is 13.8. The minimum atomic E-state index is -3.76. The van der Waals surface area contributed by atoms with Gasteiger partial charge in [0.25, 0.3) is 19.1 Å². The lowest BCUT2D eigenvalue weighted by molar-refractivity contribution is 0.102. The van der Waals surface area contributed by atoms with Crippen LogP contribution in [0.15, 0.2) is 57.9 Å². The number of aromatic nitrogens is 2. The Kier molecular flexibility index (Phi) is 11.0. The summed E-state index contributed by atoms with van der Waals surface area (Å²) in [6, 6.07) is 14.8. The van der Waals surface area contributed by atoms with Crippen LogP contribution in [0, 0.1) is 18.3 Å². The molecule has 214 valence electrons. The number of carbonyl (C=O) groups is 1. The number of nitriles is 1. The molecule has 0 aliphatic rings. The van der Waals surface area contributed by atoms with Gasteiger partial charge in [-0.3, -0.25) is 9.36 Å². The third-order valence-electron chi connectivity index (χ3n) is 5.92. The van der Waals surface area contributed by atoms with Crippen molar-refractivity contribution in [2.24, 2.45) is 0 Å². The molecule has 1 heterocycles. The van der Waals surface area contributed by atoms with Crippen LogP contribution in [-0.2, 0) is 11.1 Å². The van der Waals surface area contributed by atoms with Gasteiger partial charge in [-0.2, -0.15) is 19.1 Å². The van der Waals surface area contributed by atoms with Gasteiger partial charge in [0.05, 0.1) is 24.7 Å². The first-order chi connectivity index (χ1) is 18.9. The molecule has 1 aromatic heterocycles. The number of hydrogen-bond donors (Lipinski definition) is 2. The second-order valence-electron chi connectivity index (χ2n) is 9.53. The van der Waals surface area contributed by atoms with Gasteiger partial charge in [-0.15, -0.1) is 0 Å². The van der Waals surface area contributed by atoms with Gasteiger partial charge < -0.3 is 10.4 Å². The van der Waals surface area contributed by atoms with Crippen molar-refractivity contribution in [1.29, 1.82) is 5.26 Å². The smallest absolute Gasteiger partial charge is 0.288 e. The van der Waals surface area contributed by atoms with E-state index in [1.54, 1.807) is 43.3 Å². The highest BCUT2D eigenvalue weighted by Crippen LogP contribution is 2.53. The Morgan fingerprint density at radius 3 is 2.25 bits per heavy atom. The van der Waals surface area contributed by atoms with Crippen molar-refractivity contribution in [2.45, 2.75) is 70.3 Å². The third-order valence-corrected chi connectivity index (χ3v) is 10.4. The van der Waals surface area contributed by atoms with E-state index in [0.717, 1.165) is 4.47 Å². The van der Waals surface area contributed by atoms with Crippen LogP contribution in [0.1, 0.15) is 50.2 Å². The average molecular weight is 654 g/mol. The molecular weight excluding hydrogens is 621 g/mol. The molecule has 2 N–H and O–H groups in total. The number of thioether (sulfide) groups is 1. The third kappa shape index (κ3) is 7.52. The van der Waals surface area contributed by atoms with E-state index < -0.39 is 19.1 Å². The van der Waals surface area contributed by atoms with Crippen LogP contribution in [0.25, 0.3) is 0 Å². The predicted molar refractivity (Wildman–Crippen MR) is 161 cm³/mol. The quantitative estimate of drug-likeness (QED) is 0.154. The largest absolute Gasteiger partial charge is 0.321 e. The van der Waals surface area contributed by atoms with Crippen molar-refractivity contribution in [3.63, 3.8) is 0 Å². The Morgan fingerprint density at radius 2 is 1.73 bits per heavy atom. The first-order valence-electron chi connectivity index (χ1n) is 12.6. The summed E-state index contributed by atoms with van der Waals surface area (Å²) in [7, 11) is -3.76. The Bertz CT molecular complexity index is 1400. The Morgan fingerprint density at radius 1 is 1.12 bits per heavy atom. The van der Waals surface area contributed by atoms with Crippen molar-refractivity contribution in [3.05, 3.63) is 64.3 Å². The molecular formula is C27H32BrF2N6O2PS. The van der Waals surface area contributed by atoms with Crippen LogP contribution in [0.2, 0.25) is 0 Å². The Balaban J connectivity index is 2.19. The molecule has 0 unspecified atom stereocenters. The molecule has 2 aromatic carbocycles. The van der Waals surface area contributed by atoms with E-state index in [0.29, 0.717) is 38.9 Å². The zero-order valence-corrected chi connectivity index (χ0v) is 26.2. The van der Waals surface area contributed by atoms with Crippen molar-refractivity contribution < 1.29 is 18.1 Å². The zero-order valence-electron chi connectivity index (χ0n) is 22.9. The number of halogens is 3. The topological polar surface area (TPSA) is 103 Å². The number of rotatable bonds is 12. The van der Waals surface area contributed by atoms with Crippen molar-refractivity contribution in [2.75, 3.05) is 10.4 Å². The van der Waals surface area contributed by atoms with Crippen LogP contribution < -0.4 is 15.7 Å². The van der Waals surface area contributed by atoms with Gasteiger partial charge in [-0.1, -0.05) is 27.7 Å². The molecule has 0 aliphatic carbocycles. The summed E-state index contributed by atoms with van der Waals surface area (Å²) in [5, 5.41) is 20.2. The van der Waals surface area contributed by atoms with Gasteiger partial charge in [0.15, 0.2) is 0 Å². The maximum absolute atomic E-state index is 15.3. The fraction of sp³-hybridized carbons (Fsp3) is 0.370. The highest BCUT2D eigenvalue weighted by atomic mass is 79.9. The Hall–Kier alpha value is -2.71. The number of anilines is 2. The number of carbonyl (C=O) groups excluding carboxylic acids is 1. The normalized spacial score (nSPS) is 13.1. The minimum absolute atomic E-state index is 0.126. The van der Waals surface area contributed by atoms with E-state index in [1.165, 1.54) is 16.8 Å². The molecule has 0 radical (unpaired) electrons. The van der Waals surface area contributed by atoms with Gasteiger partial charge in [0, 0.05) is 32.7 Å². The summed E-state index contributed by atoms with van der Waals surface area (Å²) in [5.74, 6) is -2.75. The van der Waals surface area contributed by atoms with Crippen molar-refractivity contribution in [3.8, 4) is 6.07 Å². The number of nitrogens with one attached hydrogen (secondary N) is 2. The zero-order chi connectivity index (χ0) is 29.6. The molecule has 0 fully saturated rings. The van der Waals surface area contributed by atoms with E-state index in [9.17, 15) is 18.8 Å². The highest BCUT2D eigenvalue weighted by molar-refractivity contribution is 9.10. The summed E-state index contributed by atoms with van der Waals surface area (Å²) in [6.45, 7) is 9.58. The van der Waals surface area contributed by atoms with E-state index in [1.807, 2.05) is 32.4 Å². The molecule has 0 spiro atoms. The van der Waals surface area contributed by atoms with E-state index >= 15 is 4.57 Å². The first-order valence-corrected chi connectivity index (χ1v) is 15.9. The number of aryl methyl sites for hydroxylation is 2. The molecule has 0 bridgehead atoms. The summed E-state index contributed by atoms with van der Waals surface area (Å²) in [6.07, 6.45) is 0.126. The number of nitrogens with zero attached hydrogens (tertiary/aromatic N) is 4. The molecule has 8 nitrogen and oxygen atoms in total. The highest BCUT2D eigenvalue weighted by Gasteiger charge is 2.42. The summed E-state index contributed by atoms with van der Waals surface area (Å²) < 4.78 is 45.2. The average Bonchev–Trinajstić information content (AvgIpc) is 3.18. The van der Waals surface area contributed by atoms with Gasteiger partial charge in [-0.25, -0.2) is 9.35 Å². The molecule has 3 rings (SSSR count). The molecule has 3 aromatic rings. The van der Waals surface area contributed by atoms with Crippen molar-refractivity contribution in [1.82, 2.24) is 14.5 Å². The van der Waals surface area contributed by atoms with E-state index in [4.69, 9.17) is 0 Å². The number of amides is 1. The SMILES string of the molecule is Cc1nn(CCC#N)c(NC(=O)c2ccc(Br)cc2)c1[P@@](=O)(Nc1ccc(SC(F)F)cc1)N(C(C)C)C(C)C. The van der Waals surface area contributed by atoms with Gasteiger partial charge >= 0.3 is 0 Å². The fourth-order valence-electron chi connectivity index (χ4n) is 4.52.